The van der Waals surface area contributed by atoms with Crippen molar-refractivity contribution < 1.29 is 19.0 Å². The van der Waals surface area contributed by atoms with Crippen LogP contribution in [0.15, 0.2) is 42.6 Å². The predicted molar refractivity (Wildman–Crippen MR) is 109 cm³/mol. The van der Waals surface area contributed by atoms with E-state index in [4.69, 9.17) is 4.74 Å². The average Bonchev–Trinajstić information content (AvgIpc) is 3.06. The van der Waals surface area contributed by atoms with Crippen LogP contribution in [0.3, 0.4) is 0 Å². The fourth-order valence-electron chi connectivity index (χ4n) is 3.23. The van der Waals surface area contributed by atoms with E-state index in [1.807, 2.05) is 0 Å². The van der Waals surface area contributed by atoms with Crippen LogP contribution in [0.4, 0.5) is 4.39 Å². The Morgan fingerprint density at radius 2 is 2.10 bits per heavy atom. The molecular weight excluding hydrogens is 373 g/mol. The van der Waals surface area contributed by atoms with E-state index < -0.39 is 0 Å². The number of carbonyl (C=O) groups is 1. The van der Waals surface area contributed by atoms with Crippen LogP contribution in [0.1, 0.15) is 47.9 Å². The minimum Gasteiger partial charge on any atom is -0.485 e. The molecule has 0 radical (unpaired) electrons. The fraction of sp³-hybridized carbons (Fsp3) is 0.364. The van der Waals surface area contributed by atoms with Crippen LogP contribution in [0.5, 0.6) is 5.75 Å². The van der Waals surface area contributed by atoms with Crippen molar-refractivity contribution in [2.24, 2.45) is 0 Å². The van der Waals surface area contributed by atoms with Crippen molar-refractivity contribution in [1.82, 2.24) is 14.7 Å². The molecule has 3 rings (SSSR count). The minimum atomic E-state index is -0.332. The minimum absolute atomic E-state index is 0.0589. The molecule has 7 heteroatoms. The lowest BCUT2D eigenvalue weighted by Crippen LogP contribution is -2.38. The van der Waals surface area contributed by atoms with E-state index in [-0.39, 0.29) is 31.0 Å². The maximum atomic E-state index is 13.8. The number of unbranched alkanes of at least 4 members (excludes halogenated alkanes) is 1. The zero-order valence-electron chi connectivity index (χ0n) is 16.7. The highest BCUT2D eigenvalue weighted by Crippen LogP contribution is 2.23. The van der Waals surface area contributed by atoms with Gasteiger partial charge in [-0.1, -0.05) is 38.0 Å². The van der Waals surface area contributed by atoms with E-state index in [1.165, 1.54) is 6.07 Å². The van der Waals surface area contributed by atoms with Crippen molar-refractivity contribution in [3.05, 3.63) is 65.4 Å². The van der Waals surface area contributed by atoms with Gasteiger partial charge in [0.15, 0.2) is 11.4 Å². The first-order valence-electron chi connectivity index (χ1n) is 9.80. The molecule has 2 heterocycles. The fourth-order valence-corrected chi connectivity index (χ4v) is 3.23. The number of aliphatic hydroxyl groups excluding tert-OH is 1. The van der Waals surface area contributed by atoms with Crippen LogP contribution >= 0.6 is 0 Å². The molecule has 0 spiro atoms. The Morgan fingerprint density at radius 1 is 1.31 bits per heavy atom. The van der Waals surface area contributed by atoms with Gasteiger partial charge in [-0.05, 0) is 31.5 Å². The molecule has 0 aliphatic carbocycles. The highest BCUT2D eigenvalue weighted by Gasteiger charge is 2.21. The third kappa shape index (κ3) is 4.74. The number of pyridine rings is 1. The summed E-state index contributed by atoms with van der Waals surface area (Å²) in [6, 6.07) is 9.62. The molecule has 29 heavy (non-hydrogen) atoms. The first-order chi connectivity index (χ1) is 14.0. The molecule has 0 aliphatic heterocycles. The number of carbonyl (C=O) groups excluding carboxylic acids is 1. The Labute approximate surface area is 169 Å². The summed E-state index contributed by atoms with van der Waals surface area (Å²) in [5.41, 5.74) is 1.88. The number of nitrogens with one attached hydrogen (secondary N) is 1. The summed E-state index contributed by atoms with van der Waals surface area (Å²) >= 11 is 0. The lowest BCUT2D eigenvalue weighted by Gasteiger charge is -2.16. The van der Waals surface area contributed by atoms with Crippen LogP contribution in [0.2, 0.25) is 0 Å². The first kappa shape index (κ1) is 20.8. The lowest BCUT2D eigenvalue weighted by molar-refractivity contribution is 0.0905. The molecular formula is C22H26FN3O3. The molecule has 0 saturated heterocycles. The highest BCUT2D eigenvalue weighted by molar-refractivity contribution is 5.95. The Morgan fingerprint density at radius 3 is 2.83 bits per heavy atom. The summed E-state index contributed by atoms with van der Waals surface area (Å²) in [6.07, 6.45) is 4.36. The number of aromatic nitrogens is 2. The Kier molecular flexibility index (Phi) is 6.82. The number of hydrogen-bond donors (Lipinski definition) is 2. The van der Waals surface area contributed by atoms with Gasteiger partial charge in [-0.2, -0.15) is 0 Å². The maximum absolute atomic E-state index is 13.8. The summed E-state index contributed by atoms with van der Waals surface area (Å²) < 4.78 is 21.3. The molecule has 1 unspecified atom stereocenters. The number of amides is 1. The van der Waals surface area contributed by atoms with Gasteiger partial charge in [0.05, 0.1) is 18.3 Å². The second-order valence-corrected chi connectivity index (χ2v) is 6.99. The zero-order valence-corrected chi connectivity index (χ0v) is 16.7. The second kappa shape index (κ2) is 9.52. The molecule has 6 nitrogen and oxygen atoms in total. The van der Waals surface area contributed by atoms with Gasteiger partial charge in [-0.3, -0.25) is 9.20 Å². The maximum Gasteiger partial charge on any atom is 0.270 e. The number of nitrogens with zero attached hydrogens (tertiary/aromatic N) is 2. The largest absolute Gasteiger partial charge is 0.485 e. The van der Waals surface area contributed by atoms with Crippen molar-refractivity contribution in [3.8, 4) is 5.75 Å². The Balaban J connectivity index is 1.83. The van der Waals surface area contributed by atoms with E-state index in [1.54, 1.807) is 47.9 Å². The first-order valence-corrected chi connectivity index (χ1v) is 9.80. The molecule has 1 atom stereocenters. The van der Waals surface area contributed by atoms with Gasteiger partial charge in [0.2, 0.25) is 0 Å². The van der Waals surface area contributed by atoms with Gasteiger partial charge >= 0.3 is 0 Å². The molecule has 0 saturated carbocycles. The van der Waals surface area contributed by atoms with Gasteiger partial charge in [-0.15, -0.1) is 0 Å². The van der Waals surface area contributed by atoms with Gasteiger partial charge in [0.25, 0.3) is 5.91 Å². The summed E-state index contributed by atoms with van der Waals surface area (Å²) in [5.74, 6) is -0.167. The molecule has 0 fully saturated rings. The van der Waals surface area contributed by atoms with E-state index >= 15 is 0 Å². The van der Waals surface area contributed by atoms with E-state index in [0.717, 1.165) is 12.8 Å². The molecule has 154 valence electrons. The van der Waals surface area contributed by atoms with Gasteiger partial charge in [0.1, 0.15) is 18.1 Å². The van der Waals surface area contributed by atoms with Crippen molar-refractivity contribution in [1.29, 1.82) is 0 Å². The smallest absolute Gasteiger partial charge is 0.270 e. The van der Waals surface area contributed by atoms with Crippen molar-refractivity contribution in [2.45, 2.75) is 45.8 Å². The third-order valence-corrected chi connectivity index (χ3v) is 4.81. The van der Waals surface area contributed by atoms with Gasteiger partial charge in [0, 0.05) is 11.8 Å². The number of aliphatic hydroxyl groups is 1. The van der Waals surface area contributed by atoms with Gasteiger partial charge in [-0.25, -0.2) is 9.37 Å². The number of halogens is 1. The van der Waals surface area contributed by atoms with Crippen LogP contribution < -0.4 is 10.1 Å². The van der Waals surface area contributed by atoms with Crippen molar-refractivity contribution in [2.75, 3.05) is 6.61 Å². The number of ether oxygens (including phenoxy) is 1. The van der Waals surface area contributed by atoms with E-state index in [2.05, 4.69) is 17.2 Å². The summed E-state index contributed by atoms with van der Waals surface area (Å²) in [4.78, 5) is 17.3. The normalized spacial score (nSPS) is 12.1. The number of benzene rings is 1. The van der Waals surface area contributed by atoms with Crippen LogP contribution in [-0.4, -0.2) is 33.0 Å². The number of aryl methyl sites for hydroxylation is 1. The SMILES string of the molecule is CCCCC(CO)NC(=O)c1c(C)nc2c(OCc3ccccc3F)cccn12. The molecule has 2 N–H and O–H groups in total. The lowest BCUT2D eigenvalue weighted by atomic mass is 10.1. The molecule has 0 bridgehead atoms. The number of imidazole rings is 1. The molecule has 0 aliphatic rings. The quantitative estimate of drug-likeness (QED) is 0.576. The molecule has 2 aromatic heterocycles. The van der Waals surface area contributed by atoms with Gasteiger partial charge < -0.3 is 15.2 Å². The highest BCUT2D eigenvalue weighted by atomic mass is 19.1. The average molecular weight is 399 g/mol. The van der Waals surface area contributed by atoms with E-state index in [0.29, 0.717) is 34.8 Å². The summed E-state index contributed by atoms with van der Waals surface area (Å²) in [5, 5.41) is 12.4. The monoisotopic (exact) mass is 399 g/mol. The molecule has 3 aromatic rings. The van der Waals surface area contributed by atoms with Crippen LogP contribution in [0, 0.1) is 12.7 Å². The number of rotatable bonds is 9. The summed E-state index contributed by atoms with van der Waals surface area (Å²) in [7, 11) is 0. The Bertz CT molecular complexity index is 987. The second-order valence-electron chi connectivity index (χ2n) is 6.99. The van der Waals surface area contributed by atoms with E-state index in [9.17, 15) is 14.3 Å². The molecule has 1 aromatic carbocycles. The number of hydrogen-bond acceptors (Lipinski definition) is 4. The summed E-state index contributed by atoms with van der Waals surface area (Å²) in [6.45, 7) is 3.76. The zero-order chi connectivity index (χ0) is 20.8. The van der Waals surface area contributed by atoms with Crippen LogP contribution in [0.25, 0.3) is 5.65 Å². The third-order valence-electron chi connectivity index (χ3n) is 4.81. The Hall–Kier alpha value is -2.93. The van der Waals surface area contributed by atoms with Crippen molar-refractivity contribution in [3.63, 3.8) is 0 Å². The number of fused-ring (bicyclic) bond motifs is 1. The standard InChI is InChI=1S/C22H26FN3O3/c1-3-4-9-17(13-27)25-22(28)20-15(2)24-21-19(11-7-12-26(20)21)29-14-16-8-5-6-10-18(16)23/h5-8,10-12,17,27H,3-4,9,13-14H2,1-2H3,(H,25,28). The predicted octanol–water partition coefficient (Wildman–Crippen LogP) is 3.64. The van der Waals surface area contributed by atoms with Crippen molar-refractivity contribution >= 4 is 11.6 Å². The molecule has 1 amide bonds. The topological polar surface area (TPSA) is 75.9 Å². The van der Waals surface area contributed by atoms with Crippen LogP contribution in [-0.2, 0) is 6.61 Å².